The highest BCUT2D eigenvalue weighted by Crippen LogP contribution is 2.17. The Labute approximate surface area is 129 Å². The Morgan fingerprint density at radius 3 is 2.75 bits per heavy atom. The van der Waals surface area contributed by atoms with Crippen molar-refractivity contribution in [3.8, 4) is 5.75 Å². The van der Waals surface area contributed by atoms with Crippen molar-refractivity contribution in [3.05, 3.63) is 57.3 Å². The van der Waals surface area contributed by atoms with E-state index in [0.29, 0.717) is 23.0 Å². The molecular formula is C14H12BrClN2O2. The van der Waals surface area contributed by atoms with Crippen molar-refractivity contribution < 1.29 is 9.90 Å². The van der Waals surface area contributed by atoms with Crippen LogP contribution in [0.1, 0.15) is 15.9 Å². The number of hydrogen-bond donors (Lipinski definition) is 2. The molecule has 2 rings (SSSR count). The van der Waals surface area contributed by atoms with Crippen molar-refractivity contribution in [1.82, 2.24) is 10.3 Å². The zero-order chi connectivity index (χ0) is 14.5. The van der Waals surface area contributed by atoms with Crippen LogP contribution < -0.4 is 5.32 Å². The number of carbonyl (C=O) groups is 1. The molecule has 0 spiro atoms. The summed E-state index contributed by atoms with van der Waals surface area (Å²) in [5.74, 6) is -0.0349. The lowest BCUT2D eigenvalue weighted by molar-refractivity contribution is 0.0954. The number of rotatable bonds is 4. The summed E-state index contributed by atoms with van der Waals surface area (Å²) in [7, 11) is 0. The molecule has 4 nitrogen and oxygen atoms in total. The van der Waals surface area contributed by atoms with Crippen molar-refractivity contribution in [2.45, 2.75) is 6.42 Å². The van der Waals surface area contributed by atoms with E-state index < -0.39 is 0 Å². The minimum absolute atomic E-state index is 0.176. The topological polar surface area (TPSA) is 62.2 Å². The van der Waals surface area contributed by atoms with Crippen molar-refractivity contribution in [1.29, 1.82) is 0 Å². The van der Waals surface area contributed by atoms with Gasteiger partial charge >= 0.3 is 0 Å². The molecule has 0 aliphatic rings. The third-order valence-electron chi connectivity index (χ3n) is 2.69. The van der Waals surface area contributed by atoms with Crippen LogP contribution >= 0.6 is 27.5 Å². The number of carbonyl (C=O) groups excluding carboxylic acids is 1. The predicted molar refractivity (Wildman–Crippen MR) is 81.1 cm³/mol. The number of amides is 1. The van der Waals surface area contributed by atoms with E-state index in [2.05, 4.69) is 26.2 Å². The molecule has 1 amide bonds. The lowest BCUT2D eigenvalue weighted by Crippen LogP contribution is -2.26. The molecule has 2 N–H and O–H groups in total. The lowest BCUT2D eigenvalue weighted by atomic mass is 10.1. The largest absolute Gasteiger partial charge is 0.508 e. The van der Waals surface area contributed by atoms with Gasteiger partial charge in [0.25, 0.3) is 5.91 Å². The molecule has 104 valence electrons. The van der Waals surface area contributed by atoms with E-state index in [1.54, 1.807) is 18.2 Å². The van der Waals surface area contributed by atoms with Gasteiger partial charge in [0, 0.05) is 17.2 Å². The van der Waals surface area contributed by atoms with Crippen LogP contribution in [0, 0.1) is 0 Å². The molecule has 0 saturated carbocycles. The van der Waals surface area contributed by atoms with Crippen molar-refractivity contribution in [2.24, 2.45) is 0 Å². The van der Waals surface area contributed by atoms with Crippen LogP contribution in [-0.4, -0.2) is 22.5 Å². The van der Waals surface area contributed by atoms with Crippen molar-refractivity contribution in [3.63, 3.8) is 0 Å². The summed E-state index contributed by atoms with van der Waals surface area (Å²) in [5, 5.41) is 12.1. The third-order valence-corrected chi connectivity index (χ3v) is 3.42. The molecule has 1 aromatic carbocycles. The van der Waals surface area contributed by atoms with Crippen LogP contribution in [0.4, 0.5) is 0 Å². The lowest BCUT2D eigenvalue weighted by Gasteiger charge is -2.07. The van der Waals surface area contributed by atoms with Gasteiger partial charge in [-0.25, -0.2) is 4.98 Å². The highest BCUT2D eigenvalue weighted by Gasteiger charge is 2.11. The van der Waals surface area contributed by atoms with E-state index >= 15 is 0 Å². The van der Waals surface area contributed by atoms with E-state index in [1.807, 2.05) is 12.1 Å². The first-order valence-corrected chi connectivity index (χ1v) is 7.10. The summed E-state index contributed by atoms with van der Waals surface area (Å²) in [5.41, 5.74) is 1.37. The van der Waals surface area contributed by atoms with Gasteiger partial charge in [-0.05, 0) is 46.1 Å². The van der Waals surface area contributed by atoms with Gasteiger partial charge in [-0.15, -0.1) is 0 Å². The molecule has 0 atom stereocenters. The monoisotopic (exact) mass is 354 g/mol. The second-order valence-corrected chi connectivity index (χ2v) is 5.44. The third kappa shape index (κ3) is 3.95. The van der Waals surface area contributed by atoms with Crippen LogP contribution in [0.5, 0.6) is 5.75 Å². The molecule has 0 aliphatic carbocycles. The fourth-order valence-electron chi connectivity index (χ4n) is 1.66. The number of halogens is 2. The van der Waals surface area contributed by atoms with Gasteiger partial charge in [0.1, 0.15) is 10.9 Å². The zero-order valence-electron chi connectivity index (χ0n) is 10.4. The maximum Gasteiger partial charge on any atom is 0.254 e. The van der Waals surface area contributed by atoms with Crippen LogP contribution in [0.15, 0.2) is 41.0 Å². The SMILES string of the molecule is O=C(NCCc1ccc(O)cc1)c1cc(Br)cnc1Cl. The Kier molecular flexibility index (Phi) is 4.98. The number of aromatic hydroxyl groups is 1. The van der Waals surface area contributed by atoms with E-state index in [9.17, 15) is 9.90 Å². The van der Waals surface area contributed by atoms with E-state index in [4.69, 9.17) is 11.6 Å². The highest BCUT2D eigenvalue weighted by molar-refractivity contribution is 9.10. The van der Waals surface area contributed by atoms with Crippen molar-refractivity contribution >= 4 is 33.4 Å². The number of benzene rings is 1. The second-order valence-electron chi connectivity index (χ2n) is 4.16. The predicted octanol–water partition coefficient (Wildman–Crippen LogP) is 3.18. The van der Waals surface area contributed by atoms with Gasteiger partial charge in [-0.3, -0.25) is 4.79 Å². The molecule has 6 heteroatoms. The Morgan fingerprint density at radius 2 is 2.05 bits per heavy atom. The minimum Gasteiger partial charge on any atom is -0.508 e. The molecular weight excluding hydrogens is 344 g/mol. The average molecular weight is 356 g/mol. The summed E-state index contributed by atoms with van der Waals surface area (Å²) in [6, 6.07) is 8.49. The fraction of sp³-hybridized carbons (Fsp3) is 0.143. The molecule has 0 saturated heterocycles. The number of nitrogens with zero attached hydrogens (tertiary/aromatic N) is 1. The molecule has 0 aliphatic heterocycles. The summed E-state index contributed by atoms with van der Waals surface area (Å²) in [6.45, 7) is 0.479. The van der Waals surface area contributed by atoms with Crippen LogP contribution in [0.25, 0.3) is 0 Å². The van der Waals surface area contributed by atoms with E-state index in [-0.39, 0.29) is 16.8 Å². The minimum atomic E-state index is -0.262. The maximum atomic E-state index is 12.0. The van der Waals surface area contributed by atoms with Crippen LogP contribution in [0.2, 0.25) is 5.15 Å². The van der Waals surface area contributed by atoms with Gasteiger partial charge in [-0.2, -0.15) is 0 Å². The van der Waals surface area contributed by atoms with Gasteiger partial charge in [0.05, 0.1) is 5.56 Å². The highest BCUT2D eigenvalue weighted by atomic mass is 79.9. The standard InChI is InChI=1S/C14H12BrClN2O2/c15-10-7-12(13(16)18-8-10)14(20)17-6-5-9-1-3-11(19)4-2-9/h1-4,7-8,19H,5-6H2,(H,17,20). The molecule has 20 heavy (non-hydrogen) atoms. The van der Waals surface area contributed by atoms with Gasteiger partial charge in [0.15, 0.2) is 0 Å². The van der Waals surface area contributed by atoms with E-state index in [0.717, 1.165) is 5.56 Å². The van der Waals surface area contributed by atoms with Gasteiger partial charge < -0.3 is 10.4 Å². The number of phenols is 1. The summed E-state index contributed by atoms with van der Waals surface area (Å²) >= 11 is 9.14. The number of hydrogen-bond acceptors (Lipinski definition) is 3. The normalized spacial score (nSPS) is 10.3. The first-order valence-electron chi connectivity index (χ1n) is 5.93. The molecule has 0 radical (unpaired) electrons. The summed E-state index contributed by atoms with van der Waals surface area (Å²) in [4.78, 5) is 15.9. The number of nitrogens with one attached hydrogen (secondary N) is 1. The zero-order valence-corrected chi connectivity index (χ0v) is 12.8. The van der Waals surface area contributed by atoms with Crippen molar-refractivity contribution in [2.75, 3.05) is 6.54 Å². The summed E-state index contributed by atoms with van der Waals surface area (Å²) < 4.78 is 0.700. The number of aromatic nitrogens is 1. The van der Waals surface area contributed by atoms with Gasteiger partial charge in [0.2, 0.25) is 0 Å². The summed E-state index contributed by atoms with van der Waals surface area (Å²) in [6.07, 6.45) is 2.21. The first kappa shape index (κ1) is 14.8. The van der Waals surface area contributed by atoms with E-state index in [1.165, 1.54) is 6.20 Å². The second kappa shape index (κ2) is 6.72. The number of phenolic OH excluding ortho intramolecular Hbond substituents is 1. The van der Waals surface area contributed by atoms with Crippen LogP contribution in [0.3, 0.4) is 0 Å². The Bertz CT molecular complexity index is 617. The molecule has 2 aromatic rings. The molecule has 0 unspecified atom stereocenters. The quantitative estimate of drug-likeness (QED) is 0.828. The fourth-order valence-corrected chi connectivity index (χ4v) is 2.18. The smallest absolute Gasteiger partial charge is 0.254 e. The molecule has 0 bridgehead atoms. The maximum absolute atomic E-state index is 12.0. The molecule has 0 fully saturated rings. The van der Waals surface area contributed by atoms with Crippen LogP contribution in [-0.2, 0) is 6.42 Å². The molecule has 1 heterocycles. The Balaban J connectivity index is 1.92. The molecule has 1 aromatic heterocycles. The first-order chi connectivity index (χ1) is 9.56. The Morgan fingerprint density at radius 1 is 1.35 bits per heavy atom. The number of pyridine rings is 1. The van der Waals surface area contributed by atoms with Gasteiger partial charge in [-0.1, -0.05) is 23.7 Å². The average Bonchev–Trinajstić information content (AvgIpc) is 2.43. The Hall–Kier alpha value is -1.59.